The van der Waals surface area contributed by atoms with E-state index in [0.717, 1.165) is 36.9 Å². The molecule has 4 N–H and O–H groups in total. The molecule has 7 nitrogen and oxygen atoms in total. The molecule has 1 aromatic carbocycles. The number of rotatable bonds is 7. The molecule has 7 heteroatoms. The average molecular weight is 440 g/mol. The summed E-state index contributed by atoms with van der Waals surface area (Å²) in [6.45, 7) is 9.30. The third-order valence-corrected chi connectivity index (χ3v) is 5.99. The fraction of sp³-hybridized carbons (Fsp3) is 0.560. The summed E-state index contributed by atoms with van der Waals surface area (Å²) in [5.41, 5.74) is 9.11. The first-order chi connectivity index (χ1) is 15.2. The van der Waals surface area contributed by atoms with Crippen molar-refractivity contribution in [1.29, 1.82) is 0 Å². The van der Waals surface area contributed by atoms with Gasteiger partial charge in [0, 0.05) is 30.5 Å². The Bertz CT molecular complexity index is 936. The van der Waals surface area contributed by atoms with Crippen molar-refractivity contribution in [3.05, 3.63) is 52.8 Å². The Morgan fingerprint density at radius 2 is 1.75 bits per heavy atom. The summed E-state index contributed by atoms with van der Waals surface area (Å²) in [6.07, 6.45) is 3.76. The molecule has 1 saturated carbocycles. The van der Waals surface area contributed by atoms with Crippen molar-refractivity contribution < 1.29 is 9.59 Å². The first-order valence-corrected chi connectivity index (χ1v) is 11.6. The van der Waals surface area contributed by atoms with Gasteiger partial charge in [-0.1, -0.05) is 50.6 Å². The molecule has 1 fully saturated rings. The van der Waals surface area contributed by atoms with Crippen molar-refractivity contribution in [1.82, 2.24) is 20.4 Å². The molecule has 174 valence electrons. The first-order valence-electron chi connectivity index (χ1n) is 11.6. The molecular weight excluding hydrogens is 402 g/mol. The predicted octanol–water partition coefficient (Wildman–Crippen LogP) is 3.04. The van der Waals surface area contributed by atoms with Crippen LogP contribution in [-0.4, -0.2) is 40.2 Å². The fourth-order valence-electron chi connectivity index (χ4n) is 4.14. The maximum Gasteiger partial charge on any atom is 0.269 e. The molecule has 0 saturated heterocycles. The van der Waals surface area contributed by atoms with E-state index in [1.54, 1.807) is 0 Å². The van der Waals surface area contributed by atoms with Gasteiger partial charge in [0.05, 0.1) is 12.2 Å². The normalized spacial score (nSPS) is 18.9. The largest absolute Gasteiger partial charge is 0.353 e. The summed E-state index contributed by atoms with van der Waals surface area (Å²) in [5, 5.41) is 11.0. The highest BCUT2D eigenvalue weighted by Crippen LogP contribution is 2.24. The summed E-state index contributed by atoms with van der Waals surface area (Å²) in [6, 6.07) is 10.5. The quantitative estimate of drug-likeness (QED) is 0.617. The number of nitrogens with zero attached hydrogens (tertiary/aromatic N) is 2. The maximum atomic E-state index is 13.2. The second-order valence-corrected chi connectivity index (χ2v) is 9.94. The Labute approximate surface area is 191 Å². The fourth-order valence-corrected chi connectivity index (χ4v) is 4.14. The van der Waals surface area contributed by atoms with Gasteiger partial charge in [-0.15, -0.1) is 0 Å². The zero-order chi connectivity index (χ0) is 23.3. The summed E-state index contributed by atoms with van der Waals surface area (Å²) >= 11 is 0. The van der Waals surface area contributed by atoms with Crippen LogP contribution in [0.15, 0.2) is 30.3 Å². The molecule has 0 bridgehead atoms. The third-order valence-electron chi connectivity index (χ3n) is 5.99. The van der Waals surface area contributed by atoms with Crippen LogP contribution in [0.1, 0.15) is 80.2 Å². The van der Waals surface area contributed by atoms with Gasteiger partial charge in [0.2, 0.25) is 5.91 Å². The van der Waals surface area contributed by atoms with E-state index in [0.29, 0.717) is 25.2 Å². The van der Waals surface area contributed by atoms with Crippen molar-refractivity contribution in [3.8, 4) is 0 Å². The lowest BCUT2D eigenvalue weighted by Gasteiger charge is -2.29. The van der Waals surface area contributed by atoms with Crippen molar-refractivity contribution in [2.75, 3.05) is 6.54 Å². The van der Waals surface area contributed by atoms with Crippen LogP contribution in [0.25, 0.3) is 0 Å². The number of hydrogen-bond donors (Lipinski definition) is 3. The van der Waals surface area contributed by atoms with Crippen LogP contribution < -0.4 is 16.4 Å². The summed E-state index contributed by atoms with van der Waals surface area (Å²) in [4.78, 5) is 25.0. The highest BCUT2D eigenvalue weighted by Gasteiger charge is 2.27. The SMILES string of the molecule is Cc1cccc(Cn2nc(C(C)(C)C)cc2C(=O)NC2CCC(NC(=O)CCN)CC2)c1. The molecule has 0 atom stereocenters. The van der Waals surface area contributed by atoms with Crippen molar-refractivity contribution in [2.45, 2.75) is 83.8 Å². The molecule has 1 aliphatic rings. The molecule has 1 aliphatic carbocycles. The number of amides is 2. The van der Waals surface area contributed by atoms with Gasteiger partial charge < -0.3 is 16.4 Å². The van der Waals surface area contributed by atoms with E-state index in [-0.39, 0.29) is 29.3 Å². The molecule has 1 aromatic heterocycles. The summed E-state index contributed by atoms with van der Waals surface area (Å²) in [7, 11) is 0. The average Bonchev–Trinajstić information content (AvgIpc) is 3.14. The Morgan fingerprint density at radius 3 is 2.34 bits per heavy atom. The molecular formula is C25H37N5O2. The van der Waals surface area contributed by atoms with E-state index >= 15 is 0 Å². The van der Waals surface area contributed by atoms with E-state index in [1.165, 1.54) is 5.56 Å². The first kappa shape index (κ1) is 24.0. The van der Waals surface area contributed by atoms with Gasteiger partial charge in [0.15, 0.2) is 0 Å². The van der Waals surface area contributed by atoms with E-state index in [2.05, 4.69) is 56.5 Å². The standard InChI is InChI=1S/C25H37N5O2/c1-17-6-5-7-18(14-17)16-30-21(15-22(29-30)25(2,3)4)24(32)28-20-10-8-19(9-11-20)27-23(31)12-13-26/h5-7,14-15,19-20H,8-13,16,26H2,1-4H3,(H,27,31)(H,28,32). The number of aromatic nitrogens is 2. The molecule has 0 radical (unpaired) electrons. The second kappa shape index (κ2) is 10.3. The number of benzene rings is 1. The number of carbonyl (C=O) groups excluding carboxylic acids is 2. The number of nitrogens with one attached hydrogen (secondary N) is 2. The third kappa shape index (κ3) is 6.42. The Hall–Kier alpha value is -2.67. The van der Waals surface area contributed by atoms with Crippen molar-refractivity contribution in [3.63, 3.8) is 0 Å². The molecule has 0 aliphatic heterocycles. The highest BCUT2D eigenvalue weighted by atomic mass is 16.2. The van der Waals surface area contributed by atoms with Crippen molar-refractivity contribution >= 4 is 11.8 Å². The number of hydrogen-bond acceptors (Lipinski definition) is 4. The molecule has 0 unspecified atom stereocenters. The van der Waals surface area contributed by atoms with Gasteiger partial charge in [0.25, 0.3) is 5.91 Å². The van der Waals surface area contributed by atoms with Gasteiger partial charge >= 0.3 is 0 Å². The lowest BCUT2D eigenvalue weighted by molar-refractivity contribution is -0.121. The van der Waals surface area contributed by atoms with Crippen LogP contribution in [-0.2, 0) is 16.8 Å². The van der Waals surface area contributed by atoms with E-state index in [4.69, 9.17) is 10.8 Å². The van der Waals surface area contributed by atoms with E-state index in [9.17, 15) is 9.59 Å². The molecule has 32 heavy (non-hydrogen) atoms. The predicted molar refractivity (Wildman–Crippen MR) is 127 cm³/mol. The zero-order valence-corrected chi connectivity index (χ0v) is 19.8. The smallest absolute Gasteiger partial charge is 0.269 e. The minimum Gasteiger partial charge on any atom is -0.353 e. The lowest BCUT2D eigenvalue weighted by atomic mass is 9.90. The Morgan fingerprint density at radius 1 is 1.09 bits per heavy atom. The minimum atomic E-state index is -0.146. The van der Waals surface area contributed by atoms with Gasteiger partial charge in [-0.2, -0.15) is 5.10 Å². The topological polar surface area (TPSA) is 102 Å². The van der Waals surface area contributed by atoms with Gasteiger partial charge in [-0.3, -0.25) is 14.3 Å². The van der Waals surface area contributed by atoms with E-state index < -0.39 is 0 Å². The number of nitrogens with two attached hydrogens (primary N) is 1. The Balaban J connectivity index is 1.68. The molecule has 0 spiro atoms. The van der Waals surface area contributed by atoms with Gasteiger partial charge in [-0.05, 0) is 44.2 Å². The minimum absolute atomic E-state index is 0.00902. The van der Waals surface area contributed by atoms with Crippen LogP contribution in [0.3, 0.4) is 0 Å². The second-order valence-electron chi connectivity index (χ2n) is 9.94. The van der Waals surface area contributed by atoms with Crippen molar-refractivity contribution in [2.24, 2.45) is 5.73 Å². The number of carbonyl (C=O) groups is 2. The number of aryl methyl sites for hydroxylation is 1. The maximum absolute atomic E-state index is 13.2. The summed E-state index contributed by atoms with van der Waals surface area (Å²) in [5.74, 6) is -0.0778. The molecule has 1 heterocycles. The Kier molecular flexibility index (Phi) is 7.72. The highest BCUT2D eigenvalue weighted by molar-refractivity contribution is 5.93. The van der Waals surface area contributed by atoms with Crippen LogP contribution in [0.5, 0.6) is 0 Å². The zero-order valence-electron chi connectivity index (χ0n) is 19.8. The molecule has 2 amide bonds. The van der Waals surface area contributed by atoms with Crippen LogP contribution in [0.4, 0.5) is 0 Å². The monoisotopic (exact) mass is 439 g/mol. The van der Waals surface area contributed by atoms with Crippen LogP contribution in [0.2, 0.25) is 0 Å². The van der Waals surface area contributed by atoms with Gasteiger partial charge in [-0.25, -0.2) is 0 Å². The molecule has 2 aromatic rings. The summed E-state index contributed by atoms with van der Waals surface area (Å²) < 4.78 is 1.82. The van der Waals surface area contributed by atoms with E-state index in [1.807, 2.05) is 16.8 Å². The lowest BCUT2D eigenvalue weighted by Crippen LogP contribution is -2.44. The van der Waals surface area contributed by atoms with Gasteiger partial charge in [0.1, 0.15) is 5.69 Å². The van der Waals surface area contributed by atoms with Crippen LogP contribution in [0, 0.1) is 6.92 Å². The molecule has 3 rings (SSSR count). The van der Waals surface area contributed by atoms with Crippen LogP contribution >= 0.6 is 0 Å².